The second-order valence-corrected chi connectivity index (χ2v) is 3.00. The van der Waals surface area contributed by atoms with Gasteiger partial charge in [0.15, 0.2) is 0 Å². The Kier molecular flexibility index (Phi) is 3.84. The molecule has 1 heterocycles. The lowest BCUT2D eigenvalue weighted by Gasteiger charge is -2.08. The van der Waals surface area contributed by atoms with E-state index in [0.29, 0.717) is 13.0 Å². The van der Waals surface area contributed by atoms with Crippen LogP contribution in [0, 0.1) is 0 Å². The summed E-state index contributed by atoms with van der Waals surface area (Å²) in [6.07, 6.45) is 1.54. The standard InChI is InChI=1S/C9H12N2O4/c1-2-7(12)10-5-8(13)11-6-3-4-15-9(6)14/h2,6H,1,3-5H2,(H,10,12)(H,11,13). The minimum absolute atomic E-state index is 0.172. The van der Waals surface area contributed by atoms with Crippen LogP contribution in [0.25, 0.3) is 0 Å². The molecule has 2 N–H and O–H groups in total. The summed E-state index contributed by atoms with van der Waals surface area (Å²) in [5, 5.41) is 4.75. The number of hydrogen-bond acceptors (Lipinski definition) is 4. The highest BCUT2D eigenvalue weighted by molar-refractivity contribution is 5.92. The second-order valence-electron chi connectivity index (χ2n) is 3.00. The van der Waals surface area contributed by atoms with E-state index >= 15 is 0 Å². The van der Waals surface area contributed by atoms with Crippen molar-refractivity contribution in [1.29, 1.82) is 0 Å². The molecule has 0 aromatic carbocycles. The normalized spacial score (nSPS) is 19.2. The van der Waals surface area contributed by atoms with Crippen LogP contribution in [0.5, 0.6) is 0 Å². The number of esters is 1. The van der Waals surface area contributed by atoms with Gasteiger partial charge in [0.05, 0.1) is 13.2 Å². The Balaban J connectivity index is 2.26. The van der Waals surface area contributed by atoms with E-state index in [4.69, 9.17) is 0 Å². The Labute approximate surface area is 86.7 Å². The Hall–Kier alpha value is -1.85. The van der Waals surface area contributed by atoms with Gasteiger partial charge in [-0.25, -0.2) is 4.79 Å². The molecule has 0 aliphatic carbocycles. The van der Waals surface area contributed by atoms with Gasteiger partial charge in [-0.3, -0.25) is 9.59 Å². The number of carbonyl (C=O) groups excluding carboxylic acids is 3. The molecule has 82 valence electrons. The van der Waals surface area contributed by atoms with E-state index in [1.54, 1.807) is 0 Å². The van der Waals surface area contributed by atoms with Crippen LogP contribution in [0.4, 0.5) is 0 Å². The lowest BCUT2D eigenvalue weighted by Crippen LogP contribution is -2.43. The Morgan fingerprint density at radius 2 is 2.33 bits per heavy atom. The topological polar surface area (TPSA) is 84.5 Å². The number of cyclic esters (lactones) is 1. The van der Waals surface area contributed by atoms with Crippen molar-refractivity contribution >= 4 is 17.8 Å². The van der Waals surface area contributed by atoms with Gasteiger partial charge in [0, 0.05) is 6.42 Å². The molecule has 1 aliphatic rings. The van der Waals surface area contributed by atoms with E-state index in [1.807, 2.05) is 0 Å². The molecule has 1 atom stereocenters. The predicted octanol–water partition coefficient (Wildman–Crippen LogP) is -1.28. The number of carbonyl (C=O) groups is 3. The first-order valence-corrected chi connectivity index (χ1v) is 4.49. The molecule has 0 radical (unpaired) electrons. The minimum Gasteiger partial charge on any atom is -0.464 e. The van der Waals surface area contributed by atoms with Crippen LogP contribution < -0.4 is 10.6 Å². The lowest BCUT2D eigenvalue weighted by molar-refractivity contribution is -0.141. The SMILES string of the molecule is C=CC(=O)NCC(=O)NC1CCOC1=O. The third kappa shape index (κ3) is 3.41. The second kappa shape index (κ2) is 5.14. The van der Waals surface area contributed by atoms with Gasteiger partial charge >= 0.3 is 5.97 Å². The summed E-state index contributed by atoms with van der Waals surface area (Å²) in [4.78, 5) is 32.9. The Morgan fingerprint density at radius 3 is 2.87 bits per heavy atom. The van der Waals surface area contributed by atoms with Gasteiger partial charge in [0.25, 0.3) is 0 Å². The Bertz CT molecular complexity index is 300. The summed E-state index contributed by atoms with van der Waals surface area (Å²) in [7, 11) is 0. The lowest BCUT2D eigenvalue weighted by atomic mass is 10.2. The van der Waals surface area contributed by atoms with Crippen LogP contribution in [-0.4, -0.2) is 37.0 Å². The summed E-state index contributed by atoms with van der Waals surface area (Å²) >= 11 is 0. The van der Waals surface area contributed by atoms with E-state index in [9.17, 15) is 14.4 Å². The maximum Gasteiger partial charge on any atom is 0.328 e. The van der Waals surface area contributed by atoms with E-state index in [0.717, 1.165) is 6.08 Å². The van der Waals surface area contributed by atoms with Crippen molar-refractivity contribution in [2.75, 3.05) is 13.2 Å². The summed E-state index contributed by atoms with van der Waals surface area (Å²) in [6, 6.07) is -0.585. The van der Waals surface area contributed by atoms with Crippen molar-refractivity contribution in [3.63, 3.8) is 0 Å². The van der Waals surface area contributed by atoms with Gasteiger partial charge in [0.1, 0.15) is 6.04 Å². The van der Waals surface area contributed by atoms with Crippen LogP contribution >= 0.6 is 0 Å². The van der Waals surface area contributed by atoms with Gasteiger partial charge in [-0.1, -0.05) is 6.58 Å². The van der Waals surface area contributed by atoms with Gasteiger partial charge in [-0.05, 0) is 6.08 Å². The zero-order valence-electron chi connectivity index (χ0n) is 8.12. The van der Waals surface area contributed by atoms with Gasteiger partial charge < -0.3 is 15.4 Å². The highest BCUT2D eigenvalue weighted by Crippen LogP contribution is 2.04. The molecule has 1 fully saturated rings. The molecule has 1 aliphatic heterocycles. The molecule has 0 saturated carbocycles. The average molecular weight is 212 g/mol. The monoisotopic (exact) mass is 212 g/mol. The third-order valence-corrected chi connectivity index (χ3v) is 1.88. The number of nitrogens with one attached hydrogen (secondary N) is 2. The van der Waals surface area contributed by atoms with Crippen LogP contribution in [0.2, 0.25) is 0 Å². The fourth-order valence-corrected chi connectivity index (χ4v) is 1.11. The van der Waals surface area contributed by atoms with E-state index in [2.05, 4.69) is 21.9 Å². The smallest absolute Gasteiger partial charge is 0.328 e. The molecule has 15 heavy (non-hydrogen) atoms. The summed E-state index contributed by atoms with van der Waals surface area (Å²) in [6.45, 7) is 3.39. The van der Waals surface area contributed by atoms with Crippen LogP contribution in [0.3, 0.4) is 0 Å². The predicted molar refractivity (Wildman–Crippen MR) is 50.7 cm³/mol. The number of hydrogen-bond donors (Lipinski definition) is 2. The summed E-state index contributed by atoms with van der Waals surface area (Å²) in [5.74, 6) is -1.29. The molecule has 1 saturated heterocycles. The molecular weight excluding hydrogens is 200 g/mol. The van der Waals surface area contributed by atoms with Crippen molar-refractivity contribution in [3.05, 3.63) is 12.7 Å². The molecule has 0 aromatic rings. The van der Waals surface area contributed by atoms with Crippen molar-refractivity contribution in [1.82, 2.24) is 10.6 Å². The average Bonchev–Trinajstić information content (AvgIpc) is 2.61. The highest BCUT2D eigenvalue weighted by atomic mass is 16.5. The molecule has 1 rings (SSSR count). The maximum absolute atomic E-state index is 11.2. The summed E-state index contributed by atoms with van der Waals surface area (Å²) in [5.41, 5.74) is 0. The fourth-order valence-electron chi connectivity index (χ4n) is 1.11. The molecule has 2 amide bonds. The van der Waals surface area contributed by atoms with Gasteiger partial charge in [-0.2, -0.15) is 0 Å². The first-order valence-electron chi connectivity index (χ1n) is 4.49. The van der Waals surface area contributed by atoms with E-state index < -0.39 is 23.8 Å². The quantitative estimate of drug-likeness (QED) is 0.449. The molecule has 1 unspecified atom stereocenters. The van der Waals surface area contributed by atoms with Crippen molar-refractivity contribution < 1.29 is 19.1 Å². The highest BCUT2D eigenvalue weighted by Gasteiger charge is 2.27. The fraction of sp³-hybridized carbons (Fsp3) is 0.444. The van der Waals surface area contributed by atoms with Gasteiger partial charge in [0.2, 0.25) is 11.8 Å². The van der Waals surface area contributed by atoms with E-state index in [1.165, 1.54) is 0 Å². The molecule has 0 spiro atoms. The van der Waals surface area contributed by atoms with Crippen molar-refractivity contribution in [2.45, 2.75) is 12.5 Å². The number of amides is 2. The van der Waals surface area contributed by atoms with Crippen LogP contribution in [0.1, 0.15) is 6.42 Å². The first-order chi connectivity index (χ1) is 7.13. The first kappa shape index (κ1) is 11.2. The third-order valence-electron chi connectivity index (χ3n) is 1.88. The zero-order chi connectivity index (χ0) is 11.3. The number of rotatable bonds is 4. The van der Waals surface area contributed by atoms with E-state index in [-0.39, 0.29) is 6.54 Å². The van der Waals surface area contributed by atoms with Gasteiger partial charge in [-0.15, -0.1) is 0 Å². The molecule has 6 nitrogen and oxygen atoms in total. The van der Waals surface area contributed by atoms with Crippen molar-refractivity contribution in [3.8, 4) is 0 Å². The number of ether oxygens (including phenoxy) is 1. The Morgan fingerprint density at radius 1 is 1.60 bits per heavy atom. The van der Waals surface area contributed by atoms with Crippen LogP contribution in [0.15, 0.2) is 12.7 Å². The molecule has 0 aromatic heterocycles. The molecular formula is C9H12N2O4. The molecule has 0 bridgehead atoms. The largest absolute Gasteiger partial charge is 0.464 e. The zero-order valence-corrected chi connectivity index (χ0v) is 8.12. The van der Waals surface area contributed by atoms with Crippen molar-refractivity contribution in [2.24, 2.45) is 0 Å². The van der Waals surface area contributed by atoms with Crippen LogP contribution in [-0.2, 0) is 19.1 Å². The minimum atomic E-state index is -0.585. The maximum atomic E-state index is 11.2. The molecule has 6 heteroatoms. The summed E-state index contributed by atoms with van der Waals surface area (Å²) < 4.78 is 4.66.